The number of benzene rings is 3. The quantitative estimate of drug-likeness (QED) is 0.196. The molecule has 1 aliphatic rings. The summed E-state index contributed by atoms with van der Waals surface area (Å²) in [6.45, 7) is 2.53. The van der Waals surface area contributed by atoms with Crippen molar-refractivity contribution in [2.45, 2.75) is 51.6 Å². The van der Waals surface area contributed by atoms with Crippen LogP contribution in [-0.2, 0) is 6.61 Å². The molecule has 0 radical (unpaired) electrons. The minimum Gasteiger partial charge on any atom is -0.490 e. The highest BCUT2D eigenvalue weighted by Gasteiger charge is 2.22. The van der Waals surface area contributed by atoms with Crippen LogP contribution in [0.25, 0.3) is 10.9 Å². The molecule has 39 heavy (non-hydrogen) atoms. The van der Waals surface area contributed by atoms with Crippen molar-refractivity contribution in [1.82, 2.24) is 9.66 Å². The summed E-state index contributed by atoms with van der Waals surface area (Å²) in [7, 11) is 0. The van der Waals surface area contributed by atoms with Crippen LogP contribution >= 0.6 is 34.8 Å². The predicted molar refractivity (Wildman–Crippen MR) is 158 cm³/mol. The SMILES string of the molecule is CCOc1cc(C=Nn2c(C3CCCCC3)nc3ccccc3c2=O)cc(Cl)c1OCc1ccc(Cl)c(Cl)c1. The molecule has 1 saturated carbocycles. The Labute approximate surface area is 242 Å². The maximum Gasteiger partial charge on any atom is 0.282 e. The number of nitrogens with zero attached hydrogens (tertiary/aromatic N) is 3. The average molecular weight is 585 g/mol. The summed E-state index contributed by atoms with van der Waals surface area (Å²) in [5.41, 5.74) is 2.02. The minimum atomic E-state index is -0.185. The van der Waals surface area contributed by atoms with Crippen molar-refractivity contribution >= 4 is 51.9 Å². The molecule has 1 heterocycles. The molecule has 0 spiro atoms. The molecule has 6 nitrogen and oxygen atoms in total. The van der Waals surface area contributed by atoms with Crippen molar-refractivity contribution in [3.05, 3.63) is 97.0 Å². The Morgan fingerprint density at radius 3 is 2.54 bits per heavy atom. The van der Waals surface area contributed by atoms with Crippen molar-refractivity contribution in [3.8, 4) is 11.5 Å². The molecule has 9 heteroatoms. The highest BCUT2D eigenvalue weighted by atomic mass is 35.5. The summed E-state index contributed by atoms with van der Waals surface area (Å²) >= 11 is 18.8. The minimum absolute atomic E-state index is 0.185. The molecule has 3 aromatic carbocycles. The maximum absolute atomic E-state index is 13.5. The smallest absolute Gasteiger partial charge is 0.282 e. The Bertz CT molecular complexity index is 1580. The van der Waals surface area contributed by atoms with E-state index in [0.29, 0.717) is 55.5 Å². The van der Waals surface area contributed by atoms with E-state index in [0.717, 1.165) is 31.2 Å². The number of aromatic nitrogens is 2. The number of hydrogen-bond donors (Lipinski definition) is 0. The van der Waals surface area contributed by atoms with Crippen LogP contribution in [0.2, 0.25) is 15.1 Å². The van der Waals surface area contributed by atoms with Crippen LogP contribution in [0.4, 0.5) is 0 Å². The zero-order chi connectivity index (χ0) is 27.4. The molecule has 0 unspecified atom stereocenters. The van der Waals surface area contributed by atoms with E-state index in [4.69, 9.17) is 49.3 Å². The van der Waals surface area contributed by atoms with E-state index in [-0.39, 0.29) is 18.1 Å². The van der Waals surface area contributed by atoms with E-state index in [1.54, 1.807) is 36.5 Å². The second-order valence-corrected chi connectivity index (χ2v) is 10.7. The predicted octanol–water partition coefficient (Wildman–Crippen LogP) is 8.26. The Balaban J connectivity index is 1.48. The molecule has 1 fully saturated rings. The number of halogens is 3. The summed E-state index contributed by atoms with van der Waals surface area (Å²) in [6.07, 6.45) is 7.04. The lowest BCUT2D eigenvalue weighted by molar-refractivity contribution is 0.269. The standard InChI is InChI=1S/C30H28Cl3N3O3/c1-2-38-27-16-20(15-25(33)28(27)39-18-19-12-13-23(31)24(32)14-19)17-34-36-29(21-8-4-3-5-9-21)35-26-11-7-6-10-22(26)30(36)37/h6-7,10-17,21H,2-5,8-9,18H2,1H3. The van der Waals surface area contributed by atoms with E-state index < -0.39 is 0 Å². The first-order valence-corrected chi connectivity index (χ1v) is 14.2. The summed E-state index contributed by atoms with van der Waals surface area (Å²) in [5, 5.41) is 6.44. The number of ether oxygens (including phenoxy) is 2. The van der Waals surface area contributed by atoms with Gasteiger partial charge in [-0.15, -0.1) is 0 Å². The Kier molecular flexibility index (Phi) is 8.75. The summed E-state index contributed by atoms with van der Waals surface area (Å²) < 4.78 is 13.3. The fraction of sp³-hybridized carbons (Fsp3) is 0.300. The third-order valence-electron chi connectivity index (χ3n) is 6.77. The summed E-state index contributed by atoms with van der Waals surface area (Å²) in [5.74, 6) is 1.78. The van der Waals surface area contributed by atoms with Gasteiger partial charge in [-0.25, -0.2) is 4.98 Å². The Hall–Kier alpha value is -3.06. The molecule has 0 saturated heterocycles. The lowest BCUT2D eigenvalue weighted by Gasteiger charge is -2.22. The first-order valence-electron chi connectivity index (χ1n) is 13.0. The molecular weight excluding hydrogens is 557 g/mol. The third-order valence-corrected chi connectivity index (χ3v) is 7.79. The average Bonchev–Trinajstić information content (AvgIpc) is 2.94. The molecule has 202 valence electrons. The van der Waals surface area contributed by atoms with E-state index >= 15 is 0 Å². The van der Waals surface area contributed by atoms with Crippen LogP contribution in [0.3, 0.4) is 0 Å². The molecular formula is C30H28Cl3N3O3. The van der Waals surface area contributed by atoms with Crippen molar-refractivity contribution in [1.29, 1.82) is 0 Å². The lowest BCUT2D eigenvalue weighted by Crippen LogP contribution is -2.25. The van der Waals surface area contributed by atoms with Crippen molar-refractivity contribution in [3.63, 3.8) is 0 Å². The first-order chi connectivity index (χ1) is 18.9. The van der Waals surface area contributed by atoms with Gasteiger partial charge in [-0.2, -0.15) is 9.78 Å². The van der Waals surface area contributed by atoms with Crippen LogP contribution in [0.15, 0.2) is 64.5 Å². The van der Waals surface area contributed by atoms with E-state index in [2.05, 4.69) is 5.10 Å². The molecule has 0 amide bonds. The van der Waals surface area contributed by atoms with Gasteiger partial charge in [-0.1, -0.05) is 72.3 Å². The lowest BCUT2D eigenvalue weighted by atomic mass is 9.88. The molecule has 1 aliphatic carbocycles. The number of rotatable bonds is 8. The van der Waals surface area contributed by atoms with Gasteiger partial charge in [0.15, 0.2) is 11.5 Å². The number of fused-ring (bicyclic) bond motifs is 1. The molecule has 0 aliphatic heterocycles. The van der Waals surface area contributed by atoms with Gasteiger partial charge in [-0.05, 0) is 67.3 Å². The Morgan fingerprint density at radius 2 is 1.77 bits per heavy atom. The molecule has 0 N–H and O–H groups in total. The zero-order valence-corrected chi connectivity index (χ0v) is 23.8. The van der Waals surface area contributed by atoms with Crippen molar-refractivity contribution in [2.75, 3.05) is 6.61 Å². The number of para-hydroxylation sites is 1. The Morgan fingerprint density at radius 1 is 0.974 bits per heavy atom. The van der Waals surface area contributed by atoms with Gasteiger partial charge in [0, 0.05) is 5.92 Å². The highest BCUT2D eigenvalue weighted by Crippen LogP contribution is 2.37. The molecule has 1 aromatic heterocycles. The second kappa shape index (κ2) is 12.4. The van der Waals surface area contributed by atoms with Gasteiger partial charge in [0.05, 0.1) is 38.8 Å². The van der Waals surface area contributed by atoms with Gasteiger partial charge in [0.2, 0.25) is 0 Å². The summed E-state index contributed by atoms with van der Waals surface area (Å²) in [4.78, 5) is 18.4. The number of hydrogen-bond acceptors (Lipinski definition) is 5. The zero-order valence-electron chi connectivity index (χ0n) is 21.5. The van der Waals surface area contributed by atoms with Crippen LogP contribution in [0.5, 0.6) is 11.5 Å². The largest absolute Gasteiger partial charge is 0.490 e. The normalized spacial score (nSPS) is 14.3. The van der Waals surface area contributed by atoms with Gasteiger partial charge in [0.25, 0.3) is 5.56 Å². The molecule has 0 atom stereocenters. The molecule has 4 aromatic rings. The van der Waals surface area contributed by atoms with Crippen molar-refractivity contribution < 1.29 is 9.47 Å². The van der Waals surface area contributed by atoms with Crippen LogP contribution in [0.1, 0.15) is 61.9 Å². The fourth-order valence-corrected chi connectivity index (χ4v) is 5.45. The topological polar surface area (TPSA) is 65.7 Å². The van der Waals surface area contributed by atoms with Gasteiger partial charge in [0.1, 0.15) is 12.4 Å². The maximum atomic E-state index is 13.5. The van der Waals surface area contributed by atoms with Crippen LogP contribution in [0, 0.1) is 0 Å². The second-order valence-electron chi connectivity index (χ2n) is 9.48. The monoisotopic (exact) mass is 583 g/mol. The van der Waals surface area contributed by atoms with Gasteiger partial charge in [-0.3, -0.25) is 4.79 Å². The third kappa shape index (κ3) is 6.24. The van der Waals surface area contributed by atoms with Crippen molar-refractivity contribution in [2.24, 2.45) is 5.10 Å². The van der Waals surface area contributed by atoms with E-state index in [1.807, 2.05) is 31.2 Å². The highest BCUT2D eigenvalue weighted by molar-refractivity contribution is 6.42. The van der Waals surface area contributed by atoms with Gasteiger partial charge < -0.3 is 9.47 Å². The van der Waals surface area contributed by atoms with Gasteiger partial charge >= 0.3 is 0 Å². The van der Waals surface area contributed by atoms with Crippen LogP contribution in [-0.4, -0.2) is 22.5 Å². The van der Waals surface area contributed by atoms with Crippen LogP contribution < -0.4 is 15.0 Å². The van der Waals surface area contributed by atoms with E-state index in [1.165, 1.54) is 11.1 Å². The molecule has 0 bridgehead atoms. The molecule has 5 rings (SSSR count). The fourth-order valence-electron chi connectivity index (χ4n) is 4.85. The summed E-state index contributed by atoms with van der Waals surface area (Å²) in [6, 6.07) is 16.2. The van der Waals surface area contributed by atoms with E-state index in [9.17, 15) is 4.79 Å². The first kappa shape index (κ1) is 27.5.